The fourth-order valence-electron chi connectivity index (χ4n) is 4.84. The van der Waals surface area contributed by atoms with Crippen molar-refractivity contribution in [1.82, 2.24) is 4.90 Å². The minimum Gasteiger partial charge on any atom is -0.493 e. The van der Waals surface area contributed by atoms with Gasteiger partial charge in [0.15, 0.2) is 28.4 Å². The van der Waals surface area contributed by atoms with Gasteiger partial charge in [0.1, 0.15) is 5.58 Å². The summed E-state index contributed by atoms with van der Waals surface area (Å²) in [5.74, 6) is 2.08. The van der Waals surface area contributed by atoms with Gasteiger partial charge in [-0.05, 0) is 54.4 Å². The van der Waals surface area contributed by atoms with Crippen LogP contribution in [0.3, 0.4) is 0 Å². The van der Waals surface area contributed by atoms with Crippen LogP contribution >= 0.6 is 0 Å². The Morgan fingerprint density at radius 3 is 2.64 bits per heavy atom. The number of para-hydroxylation sites is 1. The number of benzene rings is 3. The molecule has 182 valence electrons. The van der Waals surface area contributed by atoms with E-state index < -0.39 is 6.04 Å². The molecule has 1 amide bonds. The van der Waals surface area contributed by atoms with Gasteiger partial charge >= 0.3 is 0 Å². The van der Waals surface area contributed by atoms with E-state index in [1.54, 1.807) is 48.4 Å². The SMILES string of the molecule is CCOc1ccc([C@H]2c3c(oc4ccccc4c3=O)C(=O)N2Cc2ccc3c(c2)OCO3)cc1OC. The van der Waals surface area contributed by atoms with Crippen LogP contribution in [0.2, 0.25) is 0 Å². The standard InChI is InChI=1S/C28H23NO7/c1-3-33-20-11-9-17(13-22(20)32-2)25-24-26(30)18-6-4-5-7-19(18)36-27(24)28(31)29(25)14-16-8-10-21-23(12-16)35-15-34-21/h4-13,25H,3,14-15H2,1-2H3/t25-/m0/s1. The Balaban J connectivity index is 1.51. The molecule has 0 saturated heterocycles. The van der Waals surface area contributed by atoms with Gasteiger partial charge in [-0.3, -0.25) is 9.59 Å². The normalized spacial score (nSPS) is 15.9. The average Bonchev–Trinajstić information content (AvgIpc) is 3.47. The summed E-state index contributed by atoms with van der Waals surface area (Å²) >= 11 is 0. The van der Waals surface area contributed by atoms with Crippen molar-refractivity contribution < 1.29 is 28.2 Å². The second-order valence-corrected chi connectivity index (χ2v) is 8.54. The molecule has 0 unspecified atom stereocenters. The number of rotatable bonds is 6. The van der Waals surface area contributed by atoms with Crippen LogP contribution in [0.5, 0.6) is 23.0 Å². The molecule has 8 heteroatoms. The summed E-state index contributed by atoms with van der Waals surface area (Å²) in [6, 6.07) is 17.3. The van der Waals surface area contributed by atoms with E-state index in [1.165, 1.54) is 0 Å². The monoisotopic (exact) mass is 485 g/mol. The molecule has 4 aromatic rings. The average molecular weight is 485 g/mol. The van der Waals surface area contributed by atoms with Crippen molar-refractivity contribution in [3.05, 3.63) is 93.3 Å². The molecular weight excluding hydrogens is 462 g/mol. The van der Waals surface area contributed by atoms with Crippen LogP contribution in [0, 0.1) is 0 Å². The first-order valence-electron chi connectivity index (χ1n) is 11.6. The highest BCUT2D eigenvalue weighted by Gasteiger charge is 2.43. The minimum atomic E-state index is -0.677. The van der Waals surface area contributed by atoms with Crippen molar-refractivity contribution in [1.29, 1.82) is 0 Å². The third kappa shape index (κ3) is 3.45. The van der Waals surface area contributed by atoms with E-state index in [0.29, 0.717) is 51.7 Å². The zero-order valence-electron chi connectivity index (χ0n) is 19.8. The predicted molar refractivity (Wildman–Crippen MR) is 131 cm³/mol. The molecule has 3 heterocycles. The number of methoxy groups -OCH3 is 1. The minimum absolute atomic E-state index is 0.0531. The Hall–Kier alpha value is -4.46. The van der Waals surface area contributed by atoms with E-state index in [2.05, 4.69) is 0 Å². The van der Waals surface area contributed by atoms with Crippen LogP contribution < -0.4 is 24.4 Å². The van der Waals surface area contributed by atoms with Gasteiger partial charge in [-0.25, -0.2) is 0 Å². The molecule has 36 heavy (non-hydrogen) atoms. The number of amides is 1. The molecule has 2 aliphatic heterocycles. The van der Waals surface area contributed by atoms with Gasteiger partial charge in [0.2, 0.25) is 12.6 Å². The van der Waals surface area contributed by atoms with Crippen LogP contribution in [0.4, 0.5) is 0 Å². The van der Waals surface area contributed by atoms with Gasteiger partial charge in [0.05, 0.1) is 30.7 Å². The van der Waals surface area contributed by atoms with Gasteiger partial charge in [0.25, 0.3) is 5.91 Å². The lowest BCUT2D eigenvalue weighted by Gasteiger charge is -2.26. The third-order valence-corrected chi connectivity index (χ3v) is 6.47. The van der Waals surface area contributed by atoms with Gasteiger partial charge < -0.3 is 28.3 Å². The van der Waals surface area contributed by atoms with Crippen LogP contribution in [0.1, 0.15) is 40.2 Å². The first-order chi connectivity index (χ1) is 17.6. The van der Waals surface area contributed by atoms with E-state index >= 15 is 0 Å². The number of ether oxygens (including phenoxy) is 4. The molecule has 0 radical (unpaired) electrons. The summed E-state index contributed by atoms with van der Waals surface area (Å²) in [4.78, 5) is 29.1. The fourth-order valence-corrected chi connectivity index (χ4v) is 4.84. The maximum atomic E-state index is 13.7. The number of carbonyl (C=O) groups excluding carboxylic acids is 1. The quantitative estimate of drug-likeness (QED) is 0.392. The Bertz CT molecular complexity index is 1560. The Labute approximate surface area is 206 Å². The van der Waals surface area contributed by atoms with E-state index in [-0.39, 0.29) is 30.4 Å². The van der Waals surface area contributed by atoms with Crippen molar-refractivity contribution in [2.75, 3.05) is 20.5 Å². The van der Waals surface area contributed by atoms with E-state index in [1.807, 2.05) is 31.2 Å². The van der Waals surface area contributed by atoms with Crippen molar-refractivity contribution in [2.24, 2.45) is 0 Å². The topological polar surface area (TPSA) is 87.4 Å². The summed E-state index contributed by atoms with van der Waals surface area (Å²) < 4.78 is 28.2. The van der Waals surface area contributed by atoms with Crippen molar-refractivity contribution in [3.63, 3.8) is 0 Å². The van der Waals surface area contributed by atoms with E-state index in [0.717, 1.165) is 5.56 Å². The van der Waals surface area contributed by atoms with Crippen LogP contribution in [-0.2, 0) is 6.54 Å². The number of hydrogen-bond donors (Lipinski definition) is 0. The van der Waals surface area contributed by atoms with Gasteiger partial charge in [-0.15, -0.1) is 0 Å². The van der Waals surface area contributed by atoms with Crippen molar-refractivity contribution >= 4 is 16.9 Å². The Kier molecular flexibility index (Phi) is 5.29. The van der Waals surface area contributed by atoms with Gasteiger partial charge in [-0.1, -0.05) is 24.3 Å². The van der Waals surface area contributed by atoms with Crippen molar-refractivity contribution in [3.8, 4) is 23.0 Å². The summed E-state index contributed by atoms with van der Waals surface area (Å²) in [5, 5.41) is 0.428. The van der Waals surface area contributed by atoms with Crippen LogP contribution in [0.25, 0.3) is 11.0 Å². The second kappa shape index (κ2) is 8.64. The molecule has 8 nitrogen and oxygen atoms in total. The number of fused-ring (bicyclic) bond motifs is 3. The first kappa shape index (κ1) is 22.0. The Morgan fingerprint density at radius 1 is 0.972 bits per heavy atom. The predicted octanol–water partition coefficient (Wildman–Crippen LogP) is 4.67. The highest BCUT2D eigenvalue weighted by Crippen LogP contribution is 2.42. The highest BCUT2D eigenvalue weighted by molar-refractivity contribution is 5.99. The molecule has 1 atom stereocenters. The molecule has 0 spiro atoms. The lowest BCUT2D eigenvalue weighted by molar-refractivity contribution is 0.0714. The molecular formula is C28H23NO7. The largest absolute Gasteiger partial charge is 0.493 e. The summed E-state index contributed by atoms with van der Waals surface area (Å²) in [5.41, 5.74) is 2.01. The fraction of sp³-hybridized carbons (Fsp3) is 0.214. The van der Waals surface area contributed by atoms with E-state index in [9.17, 15) is 9.59 Å². The maximum absolute atomic E-state index is 13.7. The smallest absolute Gasteiger partial charge is 0.291 e. The molecule has 0 N–H and O–H groups in total. The number of nitrogens with zero attached hydrogens (tertiary/aromatic N) is 1. The molecule has 0 saturated carbocycles. The summed E-state index contributed by atoms with van der Waals surface area (Å²) in [6.45, 7) is 2.76. The molecule has 3 aromatic carbocycles. The zero-order valence-corrected chi connectivity index (χ0v) is 19.8. The maximum Gasteiger partial charge on any atom is 0.291 e. The lowest BCUT2D eigenvalue weighted by Crippen LogP contribution is -2.29. The third-order valence-electron chi connectivity index (χ3n) is 6.47. The molecule has 6 rings (SSSR count). The van der Waals surface area contributed by atoms with Crippen molar-refractivity contribution in [2.45, 2.75) is 19.5 Å². The number of carbonyl (C=O) groups is 1. The highest BCUT2D eigenvalue weighted by atomic mass is 16.7. The summed E-state index contributed by atoms with van der Waals surface area (Å²) in [6.07, 6.45) is 0. The summed E-state index contributed by atoms with van der Waals surface area (Å²) in [7, 11) is 1.56. The van der Waals surface area contributed by atoms with Gasteiger partial charge in [0, 0.05) is 6.54 Å². The van der Waals surface area contributed by atoms with Gasteiger partial charge in [-0.2, -0.15) is 0 Å². The van der Waals surface area contributed by atoms with E-state index in [4.69, 9.17) is 23.4 Å². The molecule has 1 aromatic heterocycles. The van der Waals surface area contributed by atoms with Crippen LogP contribution in [-0.4, -0.2) is 31.3 Å². The van der Waals surface area contributed by atoms with Crippen LogP contribution in [0.15, 0.2) is 69.9 Å². The molecule has 0 fully saturated rings. The molecule has 0 aliphatic carbocycles. The lowest BCUT2D eigenvalue weighted by atomic mass is 9.97. The second-order valence-electron chi connectivity index (χ2n) is 8.54. The zero-order chi connectivity index (χ0) is 24.8. The first-order valence-corrected chi connectivity index (χ1v) is 11.6. The Morgan fingerprint density at radius 2 is 1.81 bits per heavy atom. The molecule has 2 aliphatic rings. The molecule has 0 bridgehead atoms. The number of hydrogen-bond acceptors (Lipinski definition) is 7.